The summed E-state index contributed by atoms with van der Waals surface area (Å²) in [6.07, 6.45) is 5.14. The van der Waals surface area contributed by atoms with Gasteiger partial charge in [-0.2, -0.15) is 0 Å². The van der Waals surface area contributed by atoms with Crippen LogP contribution in [0.5, 0.6) is 0 Å². The van der Waals surface area contributed by atoms with E-state index in [0.717, 1.165) is 6.42 Å². The minimum Gasteiger partial charge on any atom is -0.274 e. The second-order valence-corrected chi connectivity index (χ2v) is 7.59. The average Bonchev–Trinajstić information content (AvgIpc) is 3.15. The molecule has 1 aromatic carbocycles. The predicted molar refractivity (Wildman–Crippen MR) is 95.0 cm³/mol. The lowest BCUT2D eigenvalue weighted by Crippen LogP contribution is -2.33. The molecule has 0 radical (unpaired) electrons. The van der Waals surface area contributed by atoms with Crippen LogP contribution >= 0.6 is 23.2 Å². The van der Waals surface area contributed by atoms with Crippen LogP contribution in [-0.4, -0.2) is 11.8 Å². The van der Waals surface area contributed by atoms with Crippen LogP contribution in [0, 0.1) is 23.7 Å². The van der Waals surface area contributed by atoms with Crippen LogP contribution in [-0.2, 0) is 9.59 Å². The zero-order valence-electron chi connectivity index (χ0n) is 13.4. The maximum atomic E-state index is 13.0. The molecule has 0 N–H and O–H groups in total. The van der Waals surface area contributed by atoms with Crippen molar-refractivity contribution in [2.75, 3.05) is 4.90 Å². The van der Waals surface area contributed by atoms with Crippen LogP contribution in [0.4, 0.5) is 5.69 Å². The number of rotatable bonds is 2. The molecule has 0 unspecified atom stereocenters. The van der Waals surface area contributed by atoms with Crippen molar-refractivity contribution in [1.82, 2.24) is 0 Å². The first-order valence-electron chi connectivity index (χ1n) is 8.15. The standard InChI is InChI=1S/C19H17Cl2NO2/c1-3-9(2)15-13-4-5-14(15)17-16(13)18(23)22(19(17)24)12-7-10(20)6-11(21)8-12/h4-8,13-14,16-17H,3H2,1-2H3/t13-,14-,16-,17+/m1/s1. The predicted octanol–water partition coefficient (Wildman–Crippen LogP) is 4.64. The molecule has 0 spiro atoms. The second-order valence-electron chi connectivity index (χ2n) is 6.72. The molecule has 24 heavy (non-hydrogen) atoms. The third kappa shape index (κ3) is 2.04. The van der Waals surface area contributed by atoms with Gasteiger partial charge in [0.2, 0.25) is 11.8 Å². The van der Waals surface area contributed by atoms with Gasteiger partial charge in [-0.15, -0.1) is 0 Å². The molecule has 1 aromatic rings. The van der Waals surface area contributed by atoms with Gasteiger partial charge in [-0.05, 0) is 31.5 Å². The van der Waals surface area contributed by atoms with Crippen LogP contribution in [0.25, 0.3) is 0 Å². The van der Waals surface area contributed by atoms with Crippen LogP contribution in [0.15, 0.2) is 41.5 Å². The Bertz CT molecular complexity index is 772. The van der Waals surface area contributed by atoms with Crippen LogP contribution < -0.4 is 4.90 Å². The van der Waals surface area contributed by atoms with Crippen LogP contribution in [0.3, 0.4) is 0 Å². The summed E-state index contributed by atoms with van der Waals surface area (Å²) in [5.74, 6) is -0.751. The summed E-state index contributed by atoms with van der Waals surface area (Å²) in [6.45, 7) is 4.21. The third-order valence-electron chi connectivity index (χ3n) is 5.54. The van der Waals surface area contributed by atoms with E-state index in [1.54, 1.807) is 18.2 Å². The van der Waals surface area contributed by atoms with Gasteiger partial charge >= 0.3 is 0 Å². The summed E-state index contributed by atoms with van der Waals surface area (Å²) in [7, 11) is 0. The van der Waals surface area contributed by atoms with Gasteiger partial charge in [0.25, 0.3) is 0 Å². The fourth-order valence-electron chi connectivity index (χ4n) is 4.46. The molecule has 3 aliphatic rings. The molecule has 2 bridgehead atoms. The Morgan fingerprint density at radius 1 is 1.00 bits per heavy atom. The Kier molecular flexibility index (Phi) is 3.63. The summed E-state index contributed by atoms with van der Waals surface area (Å²) in [6, 6.07) is 4.83. The van der Waals surface area contributed by atoms with Crippen LogP contribution in [0.1, 0.15) is 20.3 Å². The highest BCUT2D eigenvalue weighted by atomic mass is 35.5. The van der Waals surface area contributed by atoms with E-state index in [1.807, 2.05) is 0 Å². The fraction of sp³-hybridized carbons (Fsp3) is 0.368. The van der Waals surface area contributed by atoms with Gasteiger partial charge < -0.3 is 0 Å². The summed E-state index contributed by atoms with van der Waals surface area (Å²) in [5.41, 5.74) is 3.04. The number of fused-ring (bicyclic) bond motifs is 5. The topological polar surface area (TPSA) is 37.4 Å². The smallest absolute Gasteiger partial charge is 0.238 e. The number of halogens is 2. The highest BCUT2D eigenvalue weighted by Crippen LogP contribution is 2.57. The van der Waals surface area contributed by atoms with Crippen molar-refractivity contribution in [2.45, 2.75) is 20.3 Å². The molecule has 1 heterocycles. The Morgan fingerprint density at radius 2 is 1.50 bits per heavy atom. The van der Waals surface area contributed by atoms with E-state index in [0.29, 0.717) is 15.7 Å². The van der Waals surface area contributed by atoms with Crippen molar-refractivity contribution in [3.63, 3.8) is 0 Å². The zero-order chi connectivity index (χ0) is 17.2. The van der Waals surface area contributed by atoms with Gasteiger partial charge in [-0.1, -0.05) is 53.4 Å². The van der Waals surface area contributed by atoms with Crippen molar-refractivity contribution < 1.29 is 9.59 Å². The average molecular weight is 362 g/mol. The maximum Gasteiger partial charge on any atom is 0.238 e. The quantitative estimate of drug-likeness (QED) is 0.568. The highest BCUT2D eigenvalue weighted by molar-refractivity contribution is 6.35. The van der Waals surface area contributed by atoms with E-state index in [2.05, 4.69) is 26.0 Å². The second kappa shape index (κ2) is 5.47. The Labute approximate surface area is 150 Å². The number of imide groups is 1. The van der Waals surface area contributed by atoms with Gasteiger partial charge in [0.1, 0.15) is 0 Å². The Morgan fingerprint density at radius 3 is 1.96 bits per heavy atom. The molecule has 3 nitrogen and oxygen atoms in total. The minimum atomic E-state index is -0.290. The largest absolute Gasteiger partial charge is 0.274 e. The van der Waals surface area contributed by atoms with E-state index in [9.17, 15) is 9.59 Å². The number of anilines is 1. The molecule has 4 atom stereocenters. The number of carbonyl (C=O) groups is 2. The van der Waals surface area contributed by atoms with Gasteiger partial charge in [-0.25, -0.2) is 4.90 Å². The molecule has 1 saturated carbocycles. The fourth-order valence-corrected chi connectivity index (χ4v) is 4.97. The van der Waals surface area contributed by atoms with Crippen LogP contribution in [0.2, 0.25) is 10.0 Å². The van der Waals surface area contributed by atoms with Gasteiger partial charge in [0.05, 0.1) is 17.5 Å². The molecule has 2 fully saturated rings. The Balaban J connectivity index is 1.77. The molecule has 2 amide bonds. The molecule has 1 saturated heterocycles. The molecule has 4 rings (SSSR count). The lowest BCUT2D eigenvalue weighted by Gasteiger charge is -2.20. The van der Waals surface area contributed by atoms with Crippen molar-refractivity contribution in [3.05, 3.63) is 51.5 Å². The van der Waals surface area contributed by atoms with Crippen molar-refractivity contribution >= 4 is 40.7 Å². The summed E-state index contributed by atoms with van der Waals surface area (Å²) >= 11 is 12.1. The SMILES string of the molecule is CCC(C)=C1[C@H]2C=C[C@H]1[C@H]1C(=O)N(c3cc(Cl)cc(Cl)c3)C(=O)[C@H]12. The first kappa shape index (κ1) is 15.9. The molecular formula is C19H17Cl2NO2. The van der Waals surface area contributed by atoms with E-state index < -0.39 is 0 Å². The lowest BCUT2D eigenvalue weighted by molar-refractivity contribution is -0.122. The van der Waals surface area contributed by atoms with Crippen molar-refractivity contribution in [2.24, 2.45) is 23.7 Å². The van der Waals surface area contributed by atoms with Gasteiger partial charge in [0, 0.05) is 21.9 Å². The summed E-state index contributed by atoms with van der Waals surface area (Å²) < 4.78 is 0. The molecule has 0 aromatic heterocycles. The first-order valence-corrected chi connectivity index (χ1v) is 8.91. The minimum absolute atomic E-state index is 0.0519. The molecule has 124 valence electrons. The number of nitrogens with zero attached hydrogens (tertiary/aromatic N) is 1. The summed E-state index contributed by atoms with van der Waals surface area (Å²) in [5, 5.41) is 0.831. The normalized spacial score (nSPS) is 32.8. The van der Waals surface area contributed by atoms with Crippen molar-refractivity contribution in [3.8, 4) is 0 Å². The van der Waals surface area contributed by atoms with E-state index in [4.69, 9.17) is 23.2 Å². The van der Waals surface area contributed by atoms with E-state index in [1.165, 1.54) is 16.0 Å². The monoisotopic (exact) mass is 361 g/mol. The summed E-state index contributed by atoms with van der Waals surface area (Å²) in [4.78, 5) is 27.3. The maximum absolute atomic E-state index is 13.0. The molecular weight excluding hydrogens is 345 g/mol. The molecule has 1 aliphatic heterocycles. The molecule has 5 heteroatoms. The third-order valence-corrected chi connectivity index (χ3v) is 5.98. The van der Waals surface area contributed by atoms with Gasteiger partial charge in [0.15, 0.2) is 0 Å². The van der Waals surface area contributed by atoms with E-state index >= 15 is 0 Å². The van der Waals surface area contributed by atoms with Crippen molar-refractivity contribution in [1.29, 1.82) is 0 Å². The molecule has 2 aliphatic carbocycles. The number of amides is 2. The number of benzene rings is 1. The highest BCUT2D eigenvalue weighted by Gasteiger charge is 2.62. The zero-order valence-corrected chi connectivity index (χ0v) is 14.9. The number of carbonyl (C=O) groups excluding carboxylic acids is 2. The number of allylic oxidation sites excluding steroid dienone is 4. The number of hydrogen-bond acceptors (Lipinski definition) is 2. The number of hydrogen-bond donors (Lipinski definition) is 0. The first-order chi connectivity index (χ1) is 11.4. The lowest BCUT2D eigenvalue weighted by atomic mass is 9.85. The van der Waals surface area contributed by atoms with Gasteiger partial charge in [-0.3, -0.25) is 9.59 Å². The Hall–Kier alpha value is -1.58. The van der Waals surface area contributed by atoms with E-state index in [-0.39, 0.29) is 35.5 Å².